The second kappa shape index (κ2) is 5.75. The zero-order valence-corrected chi connectivity index (χ0v) is 10.0. The molecular formula is C12H14F4N2O. The van der Waals surface area contributed by atoms with Crippen molar-refractivity contribution in [3.8, 4) is 5.75 Å². The summed E-state index contributed by atoms with van der Waals surface area (Å²) in [6.07, 6.45) is -8.32. The van der Waals surface area contributed by atoms with Crippen LogP contribution in [-0.4, -0.2) is 32.2 Å². The van der Waals surface area contributed by atoms with Gasteiger partial charge in [-0.2, -0.15) is 17.6 Å². The van der Waals surface area contributed by atoms with Gasteiger partial charge in [0.15, 0.2) is 0 Å². The van der Waals surface area contributed by atoms with Crippen molar-refractivity contribution >= 4 is 0 Å². The first-order chi connectivity index (χ1) is 8.99. The van der Waals surface area contributed by atoms with E-state index in [1.54, 1.807) is 12.1 Å². The van der Waals surface area contributed by atoms with Crippen molar-refractivity contribution in [2.24, 2.45) is 0 Å². The van der Waals surface area contributed by atoms with Crippen molar-refractivity contribution in [3.63, 3.8) is 0 Å². The van der Waals surface area contributed by atoms with Crippen LogP contribution < -0.4 is 15.4 Å². The molecule has 1 heterocycles. The van der Waals surface area contributed by atoms with E-state index in [-0.39, 0.29) is 11.8 Å². The van der Waals surface area contributed by atoms with Crippen LogP contribution in [0.5, 0.6) is 5.75 Å². The van der Waals surface area contributed by atoms with E-state index in [0.717, 1.165) is 25.2 Å². The third-order valence-corrected chi connectivity index (χ3v) is 2.83. The van der Waals surface area contributed by atoms with Gasteiger partial charge in [0.25, 0.3) is 0 Å². The van der Waals surface area contributed by atoms with Gasteiger partial charge in [-0.1, -0.05) is 12.1 Å². The molecule has 0 aromatic heterocycles. The maximum absolute atomic E-state index is 12.7. The van der Waals surface area contributed by atoms with Crippen LogP contribution in [-0.2, 0) is 0 Å². The fourth-order valence-electron chi connectivity index (χ4n) is 1.86. The second-order valence-corrected chi connectivity index (χ2v) is 4.24. The normalized spacial score (nSPS) is 20.6. The van der Waals surface area contributed by atoms with Gasteiger partial charge in [-0.3, -0.25) is 0 Å². The number of piperazine rings is 1. The Balaban J connectivity index is 2.02. The molecule has 1 atom stereocenters. The minimum atomic E-state index is -4.47. The SMILES string of the molecule is FC(F)C(F)(F)Oc1ccc(C2CNCCN2)cc1. The van der Waals surface area contributed by atoms with Crippen LogP contribution in [0.1, 0.15) is 11.6 Å². The number of nitrogens with one attached hydrogen (secondary N) is 2. The molecule has 2 rings (SSSR count). The molecule has 0 spiro atoms. The minimum absolute atomic E-state index is 0.0819. The van der Waals surface area contributed by atoms with Gasteiger partial charge < -0.3 is 15.4 Å². The molecule has 1 aromatic carbocycles. The van der Waals surface area contributed by atoms with Gasteiger partial charge >= 0.3 is 12.5 Å². The lowest BCUT2D eigenvalue weighted by atomic mass is 10.1. The Hall–Kier alpha value is -1.34. The molecule has 1 aliphatic rings. The topological polar surface area (TPSA) is 33.3 Å². The first-order valence-corrected chi connectivity index (χ1v) is 5.88. The summed E-state index contributed by atoms with van der Waals surface area (Å²) in [5, 5.41) is 6.44. The summed E-state index contributed by atoms with van der Waals surface area (Å²) in [6, 6.07) is 5.78. The van der Waals surface area contributed by atoms with Crippen LogP contribution in [0.2, 0.25) is 0 Å². The van der Waals surface area contributed by atoms with Crippen LogP contribution >= 0.6 is 0 Å². The molecule has 19 heavy (non-hydrogen) atoms. The first kappa shape index (κ1) is 14.1. The Bertz CT molecular complexity index is 405. The van der Waals surface area contributed by atoms with Crippen molar-refractivity contribution in [1.29, 1.82) is 0 Å². The molecule has 0 radical (unpaired) electrons. The monoisotopic (exact) mass is 278 g/mol. The zero-order valence-electron chi connectivity index (χ0n) is 10.0. The number of benzene rings is 1. The minimum Gasteiger partial charge on any atom is -0.428 e. The molecule has 0 amide bonds. The van der Waals surface area contributed by atoms with E-state index in [0.29, 0.717) is 0 Å². The number of hydrogen-bond acceptors (Lipinski definition) is 3. The van der Waals surface area contributed by atoms with E-state index in [9.17, 15) is 17.6 Å². The van der Waals surface area contributed by atoms with Crippen molar-refractivity contribution in [2.45, 2.75) is 18.6 Å². The van der Waals surface area contributed by atoms with E-state index >= 15 is 0 Å². The van der Waals surface area contributed by atoms with Crippen molar-refractivity contribution in [1.82, 2.24) is 10.6 Å². The molecule has 1 saturated heterocycles. The van der Waals surface area contributed by atoms with Crippen LogP contribution in [0.3, 0.4) is 0 Å². The smallest absolute Gasteiger partial charge is 0.428 e. The van der Waals surface area contributed by atoms with Gasteiger partial charge in [0.2, 0.25) is 0 Å². The van der Waals surface area contributed by atoms with Crippen LogP contribution in [0, 0.1) is 0 Å². The fourth-order valence-corrected chi connectivity index (χ4v) is 1.86. The van der Waals surface area contributed by atoms with Crippen molar-refractivity contribution in [3.05, 3.63) is 29.8 Å². The molecule has 2 N–H and O–H groups in total. The maximum Gasteiger partial charge on any atom is 0.461 e. The Labute approximate surface area is 107 Å². The van der Waals surface area contributed by atoms with E-state index in [1.165, 1.54) is 12.1 Å². The third-order valence-electron chi connectivity index (χ3n) is 2.83. The Morgan fingerprint density at radius 3 is 2.37 bits per heavy atom. The molecule has 0 bridgehead atoms. The summed E-state index contributed by atoms with van der Waals surface area (Å²) >= 11 is 0. The summed E-state index contributed by atoms with van der Waals surface area (Å²) in [5.74, 6) is -0.280. The zero-order chi connectivity index (χ0) is 13.9. The Kier molecular flexibility index (Phi) is 4.26. The highest BCUT2D eigenvalue weighted by Crippen LogP contribution is 2.28. The maximum atomic E-state index is 12.7. The average molecular weight is 278 g/mol. The molecular weight excluding hydrogens is 264 g/mol. The van der Waals surface area contributed by atoms with Gasteiger partial charge in [-0.25, -0.2) is 0 Å². The van der Waals surface area contributed by atoms with Crippen molar-refractivity contribution in [2.75, 3.05) is 19.6 Å². The predicted octanol–water partition coefficient (Wildman–Crippen LogP) is 2.16. The molecule has 1 aromatic rings. The van der Waals surface area contributed by atoms with Crippen LogP contribution in [0.4, 0.5) is 17.6 Å². The third kappa shape index (κ3) is 3.57. The number of alkyl halides is 4. The number of hydrogen-bond donors (Lipinski definition) is 2. The molecule has 1 fully saturated rings. The summed E-state index contributed by atoms with van der Waals surface area (Å²) in [6.45, 7) is 2.41. The Morgan fingerprint density at radius 2 is 1.84 bits per heavy atom. The summed E-state index contributed by atoms with van der Waals surface area (Å²) in [4.78, 5) is 0. The molecule has 106 valence electrons. The summed E-state index contributed by atoms with van der Waals surface area (Å²) in [7, 11) is 0. The molecule has 3 nitrogen and oxygen atoms in total. The highest BCUT2D eigenvalue weighted by atomic mass is 19.3. The molecule has 7 heteroatoms. The Morgan fingerprint density at radius 1 is 1.16 bits per heavy atom. The largest absolute Gasteiger partial charge is 0.461 e. The predicted molar refractivity (Wildman–Crippen MR) is 61.6 cm³/mol. The quantitative estimate of drug-likeness (QED) is 0.828. The number of rotatable bonds is 4. The number of ether oxygens (including phenoxy) is 1. The van der Waals surface area contributed by atoms with Gasteiger partial charge in [0.1, 0.15) is 5.75 Å². The number of halogens is 4. The lowest BCUT2D eigenvalue weighted by Gasteiger charge is -2.25. The van der Waals surface area contributed by atoms with E-state index < -0.39 is 12.5 Å². The van der Waals surface area contributed by atoms with Gasteiger partial charge in [0, 0.05) is 25.7 Å². The highest BCUT2D eigenvalue weighted by molar-refractivity contribution is 5.30. The van der Waals surface area contributed by atoms with Gasteiger partial charge in [0.05, 0.1) is 0 Å². The molecule has 1 aliphatic heterocycles. The molecule has 1 unspecified atom stereocenters. The summed E-state index contributed by atoms with van der Waals surface area (Å²) < 4.78 is 53.3. The van der Waals surface area contributed by atoms with Gasteiger partial charge in [-0.05, 0) is 17.7 Å². The van der Waals surface area contributed by atoms with E-state index in [2.05, 4.69) is 15.4 Å². The van der Waals surface area contributed by atoms with Gasteiger partial charge in [-0.15, -0.1) is 0 Å². The van der Waals surface area contributed by atoms with Crippen LogP contribution in [0.25, 0.3) is 0 Å². The van der Waals surface area contributed by atoms with E-state index in [4.69, 9.17) is 0 Å². The lowest BCUT2D eigenvalue weighted by Crippen LogP contribution is -2.42. The standard InChI is InChI=1S/C12H14F4N2O/c13-11(14)12(15,16)19-9-3-1-8(2-4-9)10-7-17-5-6-18-10/h1-4,10-11,17-18H,5-7H2. The lowest BCUT2D eigenvalue weighted by molar-refractivity contribution is -0.253. The van der Waals surface area contributed by atoms with E-state index in [1.807, 2.05) is 0 Å². The van der Waals surface area contributed by atoms with Crippen molar-refractivity contribution < 1.29 is 22.3 Å². The first-order valence-electron chi connectivity index (χ1n) is 5.88. The second-order valence-electron chi connectivity index (χ2n) is 4.24. The highest BCUT2D eigenvalue weighted by Gasteiger charge is 2.43. The molecule has 0 aliphatic carbocycles. The molecule has 0 saturated carbocycles. The summed E-state index contributed by atoms with van der Waals surface area (Å²) in [5.41, 5.74) is 0.889. The van der Waals surface area contributed by atoms with Crippen LogP contribution in [0.15, 0.2) is 24.3 Å². The fraction of sp³-hybridized carbons (Fsp3) is 0.500. The average Bonchev–Trinajstić information content (AvgIpc) is 2.40.